The fourth-order valence-corrected chi connectivity index (χ4v) is 3.18. The van der Waals surface area contributed by atoms with Crippen LogP contribution in [0, 0.1) is 0 Å². The van der Waals surface area contributed by atoms with Crippen LogP contribution < -0.4 is 21.1 Å². The van der Waals surface area contributed by atoms with Gasteiger partial charge in [-0.1, -0.05) is 24.3 Å². The molecule has 0 aliphatic carbocycles. The molecule has 0 fully saturated rings. The zero-order chi connectivity index (χ0) is 22.7. The summed E-state index contributed by atoms with van der Waals surface area (Å²) >= 11 is 0. The first-order chi connectivity index (χ1) is 15.3. The molecule has 164 valence electrons. The lowest BCUT2D eigenvalue weighted by Gasteiger charge is -2.11. The molecule has 10 heteroatoms. The van der Waals surface area contributed by atoms with E-state index in [0.717, 1.165) is 34.3 Å². The van der Waals surface area contributed by atoms with Crippen molar-refractivity contribution in [2.75, 3.05) is 11.1 Å². The van der Waals surface area contributed by atoms with Crippen molar-refractivity contribution >= 4 is 28.4 Å². The molecule has 0 radical (unpaired) electrons. The molecule has 1 aromatic heterocycles. The summed E-state index contributed by atoms with van der Waals surface area (Å²) in [5, 5.41) is 10.5. The standard InChI is InChI=1S/C22H18F3N5O2/c23-22(24,25)32-17-10-8-15(9-11-17)28-21(31)27-13-14-4-3-5-16(12-14)30-19-7-2-1-6-18(19)20(26)29-30/h1-12H,13H2,(H2,26,29)(H2,27,28,31). The molecule has 0 saturated heterocycles. The van der Waals surface area contributed by atoms with E-state index >= 15 is 0 Å². The van der Waals surface area contributed by atoms with Crippen molar-refractivity contribution < 1.29 is 22.7 Å². The third-order valence-electron chi connectivity index (χ3n) is 4.57. The molecule has 0 aliphatic rings. The van der Waals surface area contributed by atoms with Gasteiger partial charge in [0.05, 0.1) is 11.2 Å². The van der Waals surface area contributed by atoms with Gasteiger partial charge >= 0.3 is 12.4 Å². The lowest BCUT2D eigenvalue weighted by Crippen LogP contribution is -2.28. The molecular weight excluding hydrogens is 423 g/mol. The lowest BCUT2D eigenvalue weighted by atomic mass is 10.2. The molecule has 0 unspecified atom stereocenters. The Morgan fingerprint density at radius 2 is 1.78 bits per heavy atom. The van der Waals surface area contributed by atoms with E-state index in [9.17, 15) is 18.0 Å². The second-order valence-electron chi connectivity index (χ2n) is 6.86. The Kier molecular flexibility index (Phi) is 5.59. The van der Waals surface area contributed by atoms with Gasteiger partial charge < -0.3 is 21.1 Å². The number of fused-ring (bicyclic) bond motifs is 1. The van der Waals surface area contributed by atoms with Gasteiger partial charge in [0.1, 0.15) is 5.75 Å². The quantitative estimate of drug-likeness (QED) is 0.414. The highest BCUT2D eigenvalue weighted by atomic mass is 19.4. The molecule has 1 heterocycles. The Morgan fingerprint density at radius 3 is 2.53 bits per heavy atom. The van der Waals surface area contributed by atoms with Crippen molar-refractivity contribution in [1.82, 2.24) is 15.1 Å². The summed E-state index contributed by atoms with van der Waals surface area (Å²) in [5.41, 5.74) is 8.81. The van der Waals surface area contributed by atoms with Crippen molar-refractivity contribution in [3.05, 3.63) is 78.4 Å². The minimum absolute atomic E-state index is 0.226. The molecule has 0 spiro atoms. The second-order valence-corrected chi connectivity index (χ2v) is 6.86. The van der Waals surface area contributed by atoms with Crippen LogP contribution >= 0.6 is 0 Å². The Bertz CT molecular complexity index is 1250. The first-order valence-corrected chi connectivity index (χ1v) is 9.52. The van der Waals surface area contributed by atoms with E-state index in [2.05, 4.69) is 20.5 Å². The number of carbonyl (C=O) groups is 1. The van der Waals surface area contributed by atoms with E-state index in [-0.39, 0.29) is 12.3 Å². The number of carbonyl (C=O) groups excluding carboxylic acids is 1. The molecule has 3 aromatic carbocycles. The average molecular weight is 441 g/mol. The highest BCUT2D eigenvalue weighted by Crippen LogP contribution is 2.25. The van der Waals surface area contributed by atoms with Crippen LogP contribution in [0.5, 0.6) is 5.75 Å². The summed E-state index contributed by atoms with van der Waals surface area (Å²) in [6.45, 7) is 0.226. The molecule has 4 N–H and O–H groups in total. The molecule has 7 nitrogen and oxygen atoms in total. The number of urea groups is 1. The zero-order valence-corrected chi connectivity index (χ0v) is 16.6. The minimum Gasteiger partial charge on any atom is -0.406 e. The number of nitrogens with zero attached hydrogens (tertiary/aromatic N) is 2. The smallest absolute Gasteiger partial charge is 0.406 e. The van der Waals surface area contributed by atoms with Crippen LogP contribution in [0.15, 0.2) is 72.8 Å². The van der Waals surface area contributed by atoms with Gasteiger partial charge in [0.2, 0.25) is 0 Å². The van der Waals surface area contributed by atoms with Crippen molar-refractivity contribution in [2.24, 2.45) is 0 Å². The van der Waals surface area contributed by atoms with Gasteiger partial charge in [-0.3, -0.25) is 0 Å². The predicted octanol–water partition coefficient (Wildman–Crippen LogP) is 4.83. The number of ether oxygens (including phenoxy) is 1. The topological polar surface area (TPSA) is 94.2 Å². The fraction of sp³-hybridized carbons (Fsp3) is 0.0909. The van der Waals surface area contributed by atoms with Crippen molar-refractivity contribution in [3.8, 4) is 11.4 Å². The van der Waals surface area contributed by atoms with Crippen LogP contribution in [0.3, 0.4) is 0 Å². The van der Waals surface area contributed by atoms with Gasteiger partial charge in [-0.2, -0.15) is 0 Å². The number of nitrogens with two attached hydrogens (primary N) is 1. The van der Waals surface area contributed by atoms with Crippen LogP contribution in [-0.4, -0.2) is 22.2 Å². The van der Waals surface area contributed by atoms with Crippen LogP contribution in [-0.2, 0) is 6.54 Å². The number of anilines is 2. The summed E-state index contributed by atoms with van der Waals surface area (Å²) in [5.74, 6) is 0.0576. The van der Waals surface area contributed by atoms with Gasteiger partial charge in [0, 0.05) is 17.6 Å². The number of hydrogen-bond acceptors (Lipinski definition) is 4. The minimum atomic E-state index is -4.77. The molecule has 32 heavy (non-hydrogen) atoms. The monoisotopic (exact) mass is 441 g/mol. The summed E-state index contributed by atoms with van der Waals surface area (Å²) in [4.78, 5) is 12.2. The van der Waals surface area contributed by atoms with E-state index in [0.29, 0.717) is 11.5 Å². The maximum absolute atomic E-state index is 12.2. The normalized spacial score (nSPS) is 11.3. The Balaban J connectivity index is 1.39. The highest BCUT2D eigenvalue weighted by molar-refractivity contribution is 5.90. The molecule has 0 bridgehead atoms. The zero-order valence-electron chi connectivity index (χ0n) is 16.6. The van der Waals surface area contributed by atoms with E-state index in [1.807, 2.05) is 48.5 Å². The lowest BCUT2D eigenvalue weighted by molar-refractivity contribution is -0.274. The number of hydrogen-bond donors (Lipinski definition) is 3. The molecule has 0 atom stereocenters. The van der Waals surface area contributed by atoms with Gasteiger partial charge in [0.25, 0.3) is 0 Å². The van der Waals surface area contributed by atoms with Gasteiger partial charge in [-0.15, -0.1) is 18.3 Å². The number of rotatable bonds is 5. The van der Waals surface area contributed by atoms with Crippen molar-refractivity contribution in [3.63, 3.8) is 0 Å². The number of nitrogens with one attached hydrogen (secondary N) is 2. The molecule has 4 rings (SSSR count). The Labute approximate surface area is 180 Å². The highest BCUT2D eigenvalue weighted by Gasteiger charge is 2.30. The van der Waals surface area contributed by atoms with Crippen molar-refractivity contribution in [2.45, 2.75) is 12.9 Å². The molecular formula is C22H18F3N5O2. The number of para-hydroxylation sites is 1. The van der Waals surface area contributed by atoms with Crippen LogP contribution in [0.1, 0.15) is 5.56 Å². The molecule has 0 aliphatic heterocycles. The van der Waals surface area contributed by atoms with Gasteiger partial charge in [0.15, 0.2) is 5.82 Å². The largest absolute Gasteiger partial charge is 0.573 e. The van der Waals surface area contributed by atoms with E-state index in [4.69, 9.17) is 5.73 Å². The summed E-state index contributed by atoms with van der Waals surface area (Å²) in [6, 6.07) is 19.4. The van der Waals surface area contributed by atoms with E-state index < -0.39 is 12.4 Å². The third kappa shape index (κ3) is 4.91. The van der Waals surface area contributed by atoms with Gasteiger partial charge in [-0.05, 0) is 54.1 Å². The maximum Gasteiger partial charge on any atom is 0.573 e. The summed E-state index contributed by atoms with van der Waals surface area (Å²) in [7, 11) is 0. The molecule has 2 amide bonds. The van der Waals surface area contributed by atoms with Crippen LogP contribution in [0.4, 0.5) is 29.5 Å². The SMILES string of the molecule is Nc1nn(-c2cccc(CNC(=O)Nc3ccc(OC(F)(F)F)cc3)c2)c2ccccc12. The van der Waals surface area contributed by atoms with Gasteiger partial charge in [-0.25, -0.2) is 9.48 Å². The second kappa shape index (κ2) is 8.50. The van der Waals surface area contributed by atoms with Crippen LogP contribution in [0.25, 0.3) is 16.6 Å². The summed E-state index contributed by atoms with van der Waals surface area (Å²) in [6.07, 6.45) is -4.77. The number of alkyl halides is 3. The number of benzene rings is 3. The number of amides is 2. The van der Waals surface area contributed by atoms with E-state index in [1.54, 1.807) is 4.68 Å². The Hall–Kier alpha value is -4.21. The number of halogens is 3. The first-order valence-electron chi connectivity index (χ1n) is 9.52. The number of aromatic nitrogens is 2. The average Bonchev–Trinajstić information content (AvgIpc) is 3.10. The Morgan fingerprint density at radius 1 is 1.03 bits per heavy atom. The molecule has 4 aromatic rings. The first kappa shape index (κ1) is 21.0. The third-order valence-corrected chi connectivity index (χ3v) is 4.57. The molecule has 0 saturated carbocycles. The van der Waals surface area contributed by atoms with E-state index in [1.165, 1.54) is 12.1 Å². The van der Waals surface area contributed by atoms with Crippen LogP contribution in [0.2, 0.25) is 0 Å². The maximum atomic E-state index is 12.2. The fourth-order valence-electron chi connectivity index (χ4n) is 3.18. The predicted molar refractivity (Wildman–Crippen MR) is 114 cm³/mol. The summed E-state index contributed by atoms with van der Waals surface area (Å²) < 4.78 is 42.2. The van der Waals surface area contributed by atoms with Crippen molar-refractivity contribution in [1.29, 1.82) is 0 Å². The number of nitrogen functional groups attached to an aromatic ring is 1.